The van der Waals surface area contributed by atoms with Crippen molar-refractivity contribution in [2.24, 2.45) is 0 Å². The van der Waals surface area contributed by atoms with Gasteiger partial charge in [-0.05, 0) is 24.3 Å². The first-order chi connectivity index (χ1) is 12.7. The lowest BCUT2D eigenvalue weighted by Crippen LogP contribution is -2.03. The second-order valence-corrected chi connectivity index (χ2v) is 6.93. The first kappa shape index (κ1) is 16.8. The lowest BCUT2D eigenvalue weighted by Gasteiger charge is -2.03. The van der Waals surface area contributed by atoms with Gasteiger partial charge < -0.3 is 0 Å². The molecule has 0 unspecified atom stereocenters. The van der Waals surface area contributed by atoms with Crippen LogP contribution in [0.1, 0.15) is 10.4 Å². The molecule has 0 amide bonds. The Morgan fingerprint density at radius 2 is 1.73 bits per heavy atom. The number of hydrogen-bond donors (Lipinski definition) is 0. The summed E-state index contributed by atoms with van der Waals surface area (Å²) in [5, 5.41) is 14.1. The van der Waals surface area contributed by atoms with Crippen LogP contribution in [-0.2, 0) is 0 Å². The van der Waals surface area contributed by atoms with E-state index in [2.05, 4.69) is 15.3 Å². The summed E-state index contributed by atoms with van der Waals surface area (Å²) in [6.07, 6.45) is 0. The summed E-state index contributed by atoms with van der Waals surface area (Å²) in [5.41, 5.74) is 3.05. The molecule has 4 rings (SSSR count). The van der Waals surface area contributed by atoms with Gasteiger partial charge >= 0.3 is 0 Å². The average molecular weight is 381 g/mol. The third-order valence-electron chi connectivity index (χ3n) is 3.80. The first-order valence-electron chi connectivity index (χ1n) is 7.90. The molecule has 0 bridgehead atoms. The van der Waals surface area contributed by atoms with Crippen molar-refractivity contribution in [1.29, 1.82) is 0 Å². The second kappa shape index (κ2) is 7.27. The Morgan fingerprint density at radius 1 is 0.962 bits per heavy atom. The van der Waals surface area contributed by atoms with Crippen LogP contribution in [0, 0.1) is 0 Å². The minimum absolute atomic E-state index is 0.0428. The van der Waals surface area contributed by atoms with Gasteiger partial charge in [-0.2, -0.15) is 9.61 Å². The standard InChI is InChI=1S/C19H13ClN4OS/c20-15-8-6-13(7-9-15)16-10-11-18-21-22-19(24(18)23-16)26-12-17(25)14-4-2-1-3-5-14/h1-11H,12H2. The van der Waals surface area contributed by atoms with Gasteiger partial charge in [0.15, 0.2) is 11.4 Å². The van der Waals surface area contributed by atoms with Crippen molar-refractivity contribution in [1.82, 2.24) is 19.8 Å². The molecule has 0 saturated heterocycles. The van der Waals surface area contributed by atoms with Crippen LogP contribution in [0.15, 0.2) is 71.9 Å². The second-order valence-electron chi connectivity index (χ2n) is 5.56. The summed E-state index contributed by atoms with van der Waals surface area (Å²) < 4.78 is 1.66. The van der Waals surface area contributed by atoms with Crippen LogP contribution in [-0.4, -0.2) is 31.3 Å². The Morgan fingerprint density at radius 3 is 2.50 bits per heavy atom. The predicted octanol–water partition coefficient (Wildman–Crippen LogP) is 4.42. The Bertz CT molecular complexity index is 1060. The van der Waals surface area contributed by atoms with Crippen LogP contribution in [0.2, 0.25) is 5.02 Å². The molecule has 2 heterocycles. The van der Waals surface area contributed by atoms with E-state index in [0.29, 0.717) is 21.4 Å². The number of halogens is 1. The molecule has 7 heteroatoms. The maximum absolute atomic E-state index is 12.3. The summed E-state index contributed by atoms with van der Waals surface area (Å²) in [6, 6.07) is 20.4. The number of carbonyl (C=O) groups is 1. The SMILES string of the molecule is O=C(CSc1nnc2ccc(-c3ccc(Cl)cc3)nn12)c1ccccc1. The molecule has 0 aliphatic heterocycles. The Kier molecular flexibility index (Phi) is 4.69. The normalized spacial score (nSPS) is 11.0. The molecule has 0 aliphatic rings. The molecule has 4 aromatic rings. The first-order valence-corrected chi connectivity index (χ1v) is 9.26. The van der Waals surface area contributed by atoms with Crippen molar-refractivity contribution in [3.63, 3.8) is 0 Å². The molecule has 2 aromatic carbocycles. The molecule has 5 nitrogen and oxygen atoms in total. The molecule has 128 valence electrons. The van der Waals surface area contributed by atoms with Crippen LogP contribution in [0.25, 0.3) is 16.9 Å². The third-order valence-corrected chi connectivity index (χ3v) is 4.97. The monoisotopic (exact) mass is 380 g/mol. The van der Waals surface area contributed by atoms with E-state index in [4.69, 9.17) is 11.6 Å². The third kappa shape index (κ3) is 3.47. The van der Waals surface area contributed by atoms with Crippen molar-refractivity contribution in [2.75, 3.05) is 5.75 Å². The highest BCUT2D eigenvalue weighted by molar-refractivity contribution is 7.99. The van der Waals surface area contributed by atoms with E-state index in [-0.39, 0.29) is 11.5 Å². The largest absolute Gasteiger partial charge is 0.293 e. The van der Waals surface area contributed by atoms with E-state index in [9.17, 15) is 4.79 Å². The van der Waals surface area contributed by atoms with Gasteiger partial charge in [0, 0.05) is 16.1 Å². The minimum Gasteiger partial charge on any atom is -0.293 e. The minimum atomic E-state index is 0.0428. The number of hydrogen-bond acceptors (Lipinski definition) is 5. The Balaban J connectivity index is 1.58. The molecule has 0 saturated carbocycles. The van der Waals surface area contributed by atoms with Crippen LogP contribution < -0.4 is 0 Å². The summed E-state index contributed by atoms with van der Waals surface area (Å²) in [7, 11) is 0. The zero-order valence-electron chi connectivity index (χ0n) is 13.5. The number of rotatable bonds is 5. The maximum atomic E-state index is 12.3. The van der Waals surface area contributed by atoms with E-state index in [1.54, 1.807) is 4.52 Å². The molecular formula is C19H13ClN4OS. The van der Waals surface area contributed by atoms with Crippen LogP contribution in [0.4, 0.5) is 0 Å². The summed E-state index contributed by atoms with van der Waals surface area (Å²) >= 11 is 7.26. The number of benzene rings is 2. The number of nitrogens with zero attached hydrogens (tertiary/aromatic N) is 4. The maximum Gasteiger partial charge on any atom is 0.212 e. The van der Waals surface area contributed by atoms with E-state index in [0.717, 1.165) is 11.3 Å². The van der Waals surface area contributed by atoms with Gasteiger partial charge in [-0.1, -0.05) is 65.8 Å². The number of thioether (sulfide) groups is 1. The highest BCUT2D eigenvalue weighted by Gasteiger charge is 2.12. The summed E-state index contributed by atoms with van der Waals surface area (Å²) in [4.78, 5) is 12.3. The fraction of sp³-hybridized carbons (Fsp3) is 0.0526. The molecule has 26 heavy (non-hydrogen) atoms. The molecule has 0 aliphatic carbocycles. The zero-order valence-corrected chi connectivity index (χ0v) is 15.1. The van der Waals surface area contributed by atoms with Crippen LogP contribution in [0.5, 0.6) is 0 Å². The van der Waals surface area contributed by atoms with Crippen LogP contribution >= 0.6 is 23.4 Å². The fourth-order valence-corrected chi connectivity index (χ4v) is 3.38. The summed E-state index contributed by atoms with van der Waals surface area (Å²) in [6.45, 7) is 0. The topological polar surface area (TPSA) is 60.2 Å². The number of Topliss-reactive ketones (excluding diaryl/α,β-unsaturated/α-hetero) is 1. The highest BCUT2D eigenvalue weighted by Crippen LogP contribution is 2.22. The van der Waals surface area contributed by atoms with Gasteiger partial charge in [0.05, 0.1) is 11.4 Å². The highest BCUT2D eigenvalue weighted by atomic mass is 35.5. The smallest absolute Gasteiger partial charge is 0.212 e. The Hall–Kier alpha value is -2.70. The number of carbonyl (C=O) groups excluding carboxylic acids is 1. The molecule has 2 aromatic heterocycles. The Labute approximate surface area is 159 Å². The van der Waals surface area contributed by atoms with Gasteiger partial charge in [-0.3, -0.25) is 4.79 Å². The van der Waals surface area contributed by atoms with Crippen molar-refractivity contribution >= 4 is 34.8 Å². The van der Waals surface area contributed by atoms with Crippen molar-refractivity contribution in [3.8, 4) is 11.3 Å². The van der Waals surface area contributed by atoms with Gasteiger partial charge in [-0.25, -0.2) is 0 Å². The van der Waals surface area contributed by atoms with E-state index in [1.807, 2.05) is 66.7 Å². The quantitative estimate of drug-likeness (QED) is 0.379. The van der Waals surface area contributed by atoms with E-state index < -0.39 is 0 Å². The fourth-order valence-electron chi connectivity index (χ4n) is 2.47. The van der Waals surface area contributed by atoms with E-state index >= 15 is 0 Å². The molecule has 0 fully saturated rings. The lowest BCUT2D eigenvalue weighted by molar-refractivity contribution is 0.102. The van der Waals surface area contributed by atoms with Crippen LogP contribution in [0.3, 0.4) is 0 Å². The van der Waals surface area contributed by atoms with Gasteiger partial charge in [-0.15, -0.1) is 10.2 Å². The zero-order chi connectivity index (χ0) is 17.9. The number of fused-ring (bicyclic) bond motifs is 1. The van der Waals surface area contributed by atoms with Gasteiger partial charge in [0.25, 0.3) is 0 Å². The molecular weight excluding hydrogens is 368 g/mol. The average Bonchev–Trinajstić information content (AvgIpc) is 3.09. The lowest BCUT2D eigenvalue weighted by atomic mass is 10.1. The molecule has 0 spiro atoms. The predicted molar refractivity (Wildman–Crippen MR) is 103 cm³/mol. The van der Waals surface area contributed by atoms with Crippen molar-refractivity contribution in [2.45, 2.75) is 5.16 Å². The molecule has 0 N–H and O–H groups in total. The van der Waals surface area contributed by atoms with Crippen molar-refractivity contribution in [3.05, 3.63) is 77.3 Å². The van der Waals surface area contributed by atoms with Gasteiger partial charge in [0.2, 0.25) is 5.16 Å². The molecule has 0 atom stereocenters. The number of aromatic nitrogens is 4. The van der Waals surface area contributed by atoms with Crippen molar-refractivity contribution < 1.29 is 4.79 Å². The molecule has 0 radical (unpaired) electrons. The van der Waals surface area contributed by atoms with E-state index in [1.165, 1.54) is 11.8 Å². The van der Waals surface area contributed by atoms with Gasteiger partial charge in [0.1, 0.15) is 0 Å². The summed E-state index contributed by atoms with van der Waals surface area (Å²) in [5.74, 6) is 0.318. The number of ketones is 1.